The molecule has 0 spiro atoms. The van der Waals surface area contributed by atoms with Crippen LogP contribution in [-0.2, 0) is 23.2 Å². The van der Waals surface area contributed by atoms with Crippen molar-refractivity contribution in [2.75, 3.05) is 13.2 Å². The molecule has 4 atom stereocenters. The fourth-order valence-electron chi connectivity index (χ4n) is 7.12. The minimum atomic E-state index is -4.98. The van der Waals surface area contributed by atoms with Crippen molar-refractivity contribution in [3.63, 3.8) is 0 Å². The third kappa shape index (κ3) is 5.61. The number of Topliss-reactive ketones (excluding diaryl/α,β-unsaturated/α-hetero) is 1. The number of hydrogen-bond donors (Lipinski definition) is 0. The van der Waals surface area contributed by atoms with Crippen LogP contribution in [0.5, 0.6) is 0 Å². The van der Waals surface area contributed by atoms with Gasteiger partial charge in [0.2, 0.25) is 0 Å². The third-order valence-electron chi connectivity index (χ3n) is 8.85. The number of halogens is 6. The first-order valence-corrected chi connectivity index (χ1v) is 14.8. The molecule has 0 bridgehead atoms. The molecule has 0 aromatic heterocycles. The topological polar surface area (TPSA) is 69.7 Å². The fraction of sp³-hybridized carbons (Fsp3) is 0.571. The summed E-state index contributed by atoms with van der Waals surface area (Å²) >= 11 is 0. The molecule has 12 heteroatoms. The predicted molar refractivity (Wildman–Crippen MR) is 133 cm³/mol. The summed E-state index contributed by atoms with van der Waals surface area (Å²) < 4.78 is 98.8. The van der Waals surface area contributed by atoms with E-state index in [4.69, 9.17) is 0 Å². The highest BCUT2D eigenvalue weighted by Crippen LogP contribution is 2.62. The highest BCUT2D eigenvalue weighted by atomic mass is 31.2. The molecule has 0 N–H and O–H groups in total. The van der Waals surface area contributed by atoms with Gasteiger partial charge in [-0.15, -0.1) is 0 Å². The minimum Gasteiger partial charge on any atom is -0.299 e. The molecule has 0 heterocycles. The van der Waals surface area contributed by atoms with Gasteiger partial charge in [-0.3, -0.25) is 23.2 Å². The van der Waals surface area contributed by atoms with Crippen LogP contribution in [0.3, 0.4) is 0 Å². The van der Waals surface area contributed by atoms with E-state index in [9.17, 15) is 40.5 Å². The number of fused-ring (bicyclic) bond motifs is 4. The van der Waals surface area contributed by atoms with Crippen molar-refractivity contribution in [3.8, 4) is 0 Å². The zero-order valence-electron chi connectivity index (χ0n) is 21.7. The summed E-state index contributed by atoms with van der Waals surface area (Å²) in [6.07, 6.45) is -3.87. The maximum Gasteiger partial charge on any atom is 0.412 e. The van der Waals surface area contributed by atoms with Crippen LogP contribution in [0, 0.1) is 17.3 Å². The molecule has 2 fully saturated rings. The second-order valence-corrected chi connectivity index (χ2v) is 13.4. The third-order valence-corrected chi connectivity index (χ3v) is 10.7. The Hall–Kier alpha value is -2.23. The van der Waals surface area contributed by atoms with Crippen LogP contribution in [0.4, 0.5) is 26.3 Å². The van der Waals surface area contributed by atoms with Crippen LogP contribution >= 0.6 is 7.60 Å². The number of carbonyl (C=O) groups is 2. The van der Waals surface area contributed by atoms with Gasteiger partial charge >= 0.3 is 19.9 Å². The SMILES string of the molecule is C[C@]12C[C@H](c3ccc(P(=O)(OCC(F)(F)F)OCC(F)(F)F)cc3)C3=C4CCC(=O)C=C4CC[C@H]3C1CCC2=O. The summed E-state index contributed by atoms with van der Waals surface area (Å²) in [6.45, 7) is -2.10. The van der Waals surface area contributed by atoms with Gasteiger partial charge < -0.3 is 0 Å². The molecule has 0 aliphatic heterocycles. The molecular weight excluding hydrogens is 561 g/mol. The van der Waals surface area contributed by atoms with Crippen LogP contribution in [0.2, 0.25) is 0 Å². The van der Waals surface area contributed by atoms with Crippen molar-refractivity contribution in [2.45, 2.75) is 70.1 Å². The van der Waals surface area contributed by atoms with E-state index in [1.54, 1.807) is 6.08 Å². The number of ketones is 2. The molecule has 1 unspecified atom stereocenters. The monoisotopic (exact) mass is 590 g/mol. The molecule has 1 aromatic carbocycles. The largest absolute Gasteiger partial charge is 0.412 e. The Bertz CT molecular complexity index is 1290. The van der Waals surface area contributed by atoms with Crippen molar-refractivity contribution < 1.29 is 49.5 Å². The van der Waals surface area contributed by atoms with Gasteiger partial charge in [0, 0.05) is 24.2 Å². The molecular formula is C28H29F6O5P. The molecule has 5 rings (SSSR count). The molecule has 2 saturated carbocycles. The Labute approximate surface area is 227 Å². The van der Waals surface area contributed by atoms with Gasteiger partial charge in [-0.2, -0.15) is 26.3 Å². The van der Waals surface area contributed by atoms with Gasteiger partial charge in [0.15, 0.2) is 19.0 Å². The Morgan fingerprint density at radius 3 is 2.12 bits per heavy atom. The molecule has 40 heavy (non-hydrogen) atoms. The Morgan fingerprint density at radius 1 is 0.900 bits per heavy atom. The van der Waals surface area contributed by atoms with Crippen molar-refractivity contribution in [1.29, 1.82) is 0 Å². The number of rotatable bonds is 6. The lowest BCUT2D eigenvalue weighted by Crippen LogP contribution is -2.43. The Balaban J connectivity index is 1.53. The Morgan fingerprint density at radius 2 is 1.52 bits per heavy atom. The van der Waals surface area contributed by atoms with Crippen LogP contribution in [-0.4, -0.2) is 37.1 Å². The van der Waals surface area contributed by atoms with Gasteiger partial charge in [-0.05, 0) is 78.9 Å². The number of benzene rings is 1. The highest BCUT2D eigenvalue weighted by Gasteiger charge is 2.56. The number of hydrogen-bond acceptors (Lipinski definition) is 5. The molecule has 0 amide bonds. The first-order valence-electron chi connectivity index (χ1n) is 13.2. The summed E-state index contributed by atoms with van der Waals surface area (Å²) in [5, 5.41) is -0.428. The van der Waals surface area contributed by atoms with Gasteiger partial charge in [-0.1, -0.05) is 24.6 Å². The van der Waals surface area contributed by atoms with E-state index in [0.717, 1.165) is 30.4 Å². The molecule has 4 aliphatic carbocycles. The highest BCUT2D eigenvalue weighted by molar-refractivity contribution is 7.62. The predicted octanol–water partition coefficient (Wildman–Crippen LogP) is 7.13. The van der Waals surface area contributed by atoms with Crippen LogP contribution in [0.15, 0.2) is 47.1 Å². The second-order valence-electron chi connectivity index (χ2n) is 11.3. The average molecular weight is 590 g/mol. The van der Waals surface area contributed by atoms with E-state index < -0.39 is 43.9 Å². The first kappa shape index (κ1) is 29.3. The van der Waals surface area contributed by atoms with Crippen LogP contribution in [0.1, 0.15) is 63.4 Å². The number of carbonyl (C=O) groups excluding carboxylic acids is 2. The van der Waals surface area contributed by atoms with E-state index in [1.165, 1.54) is 29.8 Å². The summed E-state index contributed by atoms with van der Waals surface area (Å²) in [5.41, 5.74) is 3.43. The van der Waals surface area contributed by atoms with Gasteiger partial charge in [0.05, 0.1) is 5.30 Å². The van der Waals surface area contributed by atoms with Crippen molar-refractivity contribution in [1.82, 2.24) is 0 Å². The molecule has 0 radical (unpaired) electrons. The average Bonchev–Trinajstić information content (AvgIpc) is 3.18. The maximum atomic E-state index is 13.1. The van der Waals surface area contributed by atoms with Gasteiger partial charge in [-0.25, -0.2) is 0 Å². The lowest BCUT2D eigenvalue weighted by molar-refractivity contribution is -0.164. The van der Waals surface area contributed by atoms with E-state index in [0.29, 0.717) is 31.2 Å². The summed E-state index contributed by atoms with van der Waals surface area (Å²) in [4.78, 5) is 25.2. The maximum absolute atomic E-state index is 13.1. The normalized spacial score (nSPS) is 29.2. The van der Waals surface area contributed by atoms with E-state index in [1.807, 2.05) is 6.92 Å². The first-order chi connectivity index (χ1) is 18.6. The van der Waals surface area contributed by atoms with Gasteiger partial charge in [0.1, 0.15) is 5.78 Å². The van der Waals surface area contributed by atoms with Gasteiger partial charge in [0.25, 0.3) is 0 Å². The summed E-state index contributed by atoms with van der Waals surface area (Å²) in [6, 6.07) is 5.39. The van der Waals surface area contributed by atoms with E-state index >= 15 is 0 Å². The molecule has 1 aromatic rings. The number of allylic oxidation sites excluding steroid dienone is 4. The summed E-state index contributed by atoms with van der Waals surface area (Å²) in [7, 11) is -4.98. The van der Waals surface area contributed by atoms with Crippen molar-refractivity contribution in [2.24, 2.45) is 17.3 Å². The molecule has 5 nitrogen and oxygen atoms in total. The summed E-state index contributed by atoms with van der Waals surface area (Å²) in [5.74, 6) is 0.314. The van der Waals surface area contributed by atoms with E-state index in [-0.39, 0.29) is 29.3 Å². The lowest BCUT2D eigenvalue weighted by atomic mass is 9.53. The van der Waals surface area contributed by atoms with E-state index in [2.05, 4.69) is 9.05 Å². The zero-order valence-corrected chi connectivity index (χ0v) is 22.6. The zero-order chi connectivity index (χ0) is 29.1. The number of alkyl halides is 6. The Kier molecular flexibility index (Phi) is 7.50. The minimum absolute atomic E-state index is 0.0730. The quantitative estimate of drug-likeness (QED) is 0.261. The van der Waals surface area contributed by atoms with Crippen LogP contribution < -0.4 is 5.30 Å². The standard InChI is InChI=1S/C28H29F6O5P/c1-26-13-22(25-20-9-5-18(35)12-17(20)4-8-21(25)23(26)10-11-24(26)36)16-2-6-19(7-3-16)40(37,38-14-27(29,30)31)39-15-28(32,33)34/h2-3,6-7,12,21-23H,4-5,8-11,13-15H2,1H3/t21-,22+,23?,26-/m0/s1. The smallest absolute Gasteiger partial charge is 0.299 e. The fourth-order valence-corrected chi connectivity index (χ4v) is 8.64. The molecule has 4 aliphatic rings. The second kappa shape index (κ2) is 10.2. The molecule has 218 valence electrons. The lowest BCUT2D eigenvalue weighted by Gasteiger charge is -2.50. The van der Waals surface area contributed by atoms with Crippen molar-refractivity contribution >= 4 is 24.5 Å². The van der Waals surface area contributed by atoms with Crippen LogP contribution in [0.25, 0.3) is 0 Å². The molecule has 0 saturated heterocycles. The van der Waals surface area contributed by atoms with Crippen molar-refractivity contribution in [3.05, 3.63) is 52.6 Å².